The number of amides is 1. The third-order valence-corrected chi connectivity index (χ3v) is 4.19. The summed E-state index contributed by atoms with van der Waals surface area (Å²) in [5.41, 5.74) is 6.58. The van der Waals surface area contributed by atoms with Crippen LogP contribution in [0.4, 0.5) is 10.6 Å². The normalized spacial score (nSPS) is 16.0. The Hall–Kier alpha value is -2.57. The summed E-state index contributed by atoms with van der Waals surface area (Å²) in [6, 6.07) is 7.54. The molecule has 2 aromatic rings. The van der Waals surface area contributed by atoms with E-state index in [2.05, 4.69) is 10.1 Å². The van der Waals surface area contributed by atoms with Gasteiger partial charge in [-0.2, -0.15) is 9.78 Å². The molecule has 3 rings (SSSR count). The number of pyridine rings is 1. The second-order valence-electron chi connectivity index (χ2n) is 7.34. The van der Waals surface area contributed by atoms with Crippen molar-refractivity contribution in [3.63, 3.8) is 0 Å². The molecule has 25 heavy (non-hydrogen) atoms. The summed E-state index contributed by atoms with van der Waals surface area (Å²) in [6.07, 6.45) is 3.16. The van der Waals surface area contributed by atoms with Crippen molar-refractivity contribution in [2.75, 3.05) is 18.8 Å². The molecule has 1 fully saturated rings. The van der Waals surface area contributed by atoms with Crippen molar-refractivity contribution in [3.8, 4) is 5.82 Å². The van der Waals surface area contributed by atoms with E-state index in [-0.39, 0.29) is 12.0 Å². The maximum Gasteiger partial charge on any atom is 0.410 e. The van der Waals surface area contributed by atoms with Crippen LogP contribution < -0.4 is 5.73 Å². The van der Waals surface area contributed by atoms with E-state index < -0.39 is 5.60 Å². The van der Waals surface area contributed by atoms with Crippen LogP contribution in [-0.2, 0) is 4.74 Å². The van der Waals surface area contributed by atoms with Crippen molar-refractivity contribution in [3.05, 3.63) is 36.2 Å². The van der Waals surface area contributed by atoms with Crippen molar-refractivity contribution < 1.29 is 9.53 Å². The smallest absolute Gasteiger partial charge is 0.410 e. The molecule has 0 radical (unpaired) electrons. The minimum absolute atomic E-state index is 0.246. The third kappa shape index (κ3) is 4.10. The summed E-state index contributed by atoms with van der Waals surface area (Å²) in [5, 5.41) is 4.63. The van der Waals surface area contributed by atoms with E-state index >= 15 is 0 Å². The van der Waals surface area contributed by atoms with Crippen molar-refractivity contribution in [1.29, 1.82) is 0 Å². The SMILES string of the molecule is CC(C)(C)OC(=O)N1CCC(c2cc(N)n(-c3ccccn3)n2)CC1. The highest BCUT2D eigenvalue weighted by molar-refractivity contribution is 5.68. The highest BCUT2D eigenvalue weighted by atomic mass is 16.6. The molecule has 3 heterocycles. The summed E-state index contributed by atoms with van der Waals surface area (Å²) >= 11 is 0. The van der Waals surface area contributed by atoms with Gasteiger partial charge in [-0.25, -0.2) is 9.78 Å². The first-order valence-electron chi connectivity index (χ1n) is 8.58. The Kier molecular flexibility index (Phi) is 4.65. The number of nitrogens with two attached hydrogens (primary N) is 1. The van der Waals surface area contributed by atoms with Crippen molar-refractivity contribution in [1.82, 2.24) is 19.7 Å². The van der Waals surface area contributed by atoms with Crippen LogP contribution >= 0.6 is 0 Å². The van der Waals surface area contributed by atoms with Gasteiger partial charge in [0, 0.05) is 31.3 Å². The van der Waals surface area contributed by atoms with Gasteiger partial charge in [0.25, 0.3) is 0 Å². The molecule has 0 spiro atoms. The van der Waals surface area contributed by atoms with Gasteiger partial charge in [0.05, 0.1) is 5.69 Å². The highest BCUT2D eigenvalue weighted by Crippen LogP contribution is 2.29. The second kappa shape index (κ2) is 6.74. The molecule has 134 valence electrons. The summed E-state index contributed by atoms with van der Waals surface area (Å²) in [4.78, 5) is 18.2. The average molecular weight is 343 g/mol. The minimum atomic E-state index is -0.468. The van der Waals surface area contributed by atoms with Crippen molar-refractivity contribution >= 4 is 11.9 Å². The quantitative estimate of drug-likeness (QED) is 0.906. The van der Waals surface area contributed by atoms with Crippen molar-refractivity contribution in [2.24, 2.45) is 0 Å². The van der Waals surface area contributed by atoms with E-state index in [4.69, 9.17) is 10.5 Å². The lowest BCUT2D eigenvalue weighted by Gasteiger charge is -2.32. The van der Waals surface area contributed by atoms with E-state index in [9.17, 15) is 4.79 Å². The first-order chi connectivity index (χ1) is 11.8. The summed E-state index contributed by atoms with van der Waals surface area (Å²) in [6.45, 7) is 6.96. The van der Waals surface area contributed by atoms with Gasteiger partial charge >= 0.3 is 6.09 Å². The van der Waals surface area contributed by atoms with E-state index in [1.807, 2.05) is 45.0 Å². The second-order valence-corrected chi connectivity index (χ2v) is 7.34. The van der Waals surface area contributed by atoms with Gasteiger partial charge in [0.15, 0.2) is 5.82 Å². The Balaban J connectivity index is 1.65. The molecule has 7 heteroatoms. The fourth-order valence-corrected chi connectivity index (χ4v) is 2.96. The lowest BCUT2D eigenvalue weighted by atomic mass is 9.94. The monoisotopic (exact) mass is 343 g/mol. The number of carbonyl (C=O) groups is 1. The number of carbonyl (C=O) groups excluding carboxylic acids is 1. The molecule has 1 saturated heterocycles. The zero-order valence-electron chi connectivity index (χ0n) is 15.0. The number of nitrogens with zero attached hydrogens (tertiary/aromatic N) is 4. The van der Waals surface area contributed by atoms with E-state index in [0.717, 1.165) is 18.5 Å². The molecule has 0 unspecified atom stereocenters. The third-order valence-electron chi connectivity index (χ3n) is 4.19. The zero-order chi connectivity index (χ0) is 18.0. The Bertz CT molecular complexity index is 728. The molecule has 0 aromatic carbocycles. The van der Waals surface area contributed by atoms with Gasteiger partial charge in [-0.05, 0) is 45.7 Å². The predicted octanol–water partition coefficient (Wildman–Crippen LogP) is 2.96. The van der Waals surface area contributed by atoms with E-state index in [1.54, 1.807) is 15.8 Å². The van der Waals surface area contributed by atoms with Crippen LogP contribution in [0.25, 0.3) is 5.82 Å². The van der Waals surface area contributed by atoms with Crippen LogP contribution in [0.1, 0.15) is 45.2 Å². The van der Waals surface area contributed by atoms with Gasteiger partial charge in [-0.15, -0.1) is 0 Å². The van der Waals surface area contributed by atoms with Gasteiger partial charge in [0.1, 0.15) is 11.4 Å². The average Bonchev–Trinajstić information content (AvgIpc) is 2.96. The van der Waals surface area contributed by atoms with Gasteiger partial charge in [-0.1, -0.05) is 6.07 Å². The fourth-order valence-electron chi connectivity index (χ4n) is 2.96. The van der Waals surface area contributed by atoms with Crippen molar-refractivity contribution in [2.45, 2.75) is 45.1 Å². The number of nitrogen functional groups attached to an aromatic ring is 1. The zero-order valence-corrected chi connectivity index (χ0v) is 15.0. The maximum absolute atomic E-state index is 12.2. The summed E-state index contributed by atoms with van der Waals surface area (Å²) in [5.74, 6) is 1.56. The van der Waals surface area contributed by atoms with Crippen LogP contribution in [0.3, 0.4) is 0 Å². The minimum Gasteiger partial charge on any atom is -0.444 e. The molecule has 1 amide bonds. The molecule has 0 saturated carbocycles. The summed E-state index contributed by atoms with van der Waals surface area (Å²) < 4.78 is 7.10. The lowest BCUT2D eigenvalue weighted by Crippen LogP contribution is -2.41. The Morgan fingerprint density at radius 2 is 2.00 bits per heavy atom. The number of anilines is 1. The van der Waals surface area contributed by atoms with E-state index in [1.165, 1.54) is 0 Å². The van der Waals surface area contributed by atoms with Crippen LogP contribution in [-0.4, -0.2) is 44.4 Å². The Labute approximate surface area is 147 Å². The topological polar surface area (TPSA) is 86.3 Å². The number of hydrogen-bond donors (Lipinski definition) is 1. The molecule has 2 N–H and O–H groups in total. The number of likely N-dealkylation sites (tertiary alicyclic amines) is 1. The molecule has 1 aliphatic heterocycles. The number of piperidine rings is 1. The first kappa shape index (κ1) is 17.3. The Morgan fingerprint density at radius 1 is 1.28 bits per heavy atom. The highest BCUT2D eigenvalue weighted by Gasteiger charge is 2.28. The van der Waals surface area contributed by atoms with Gasteiger partial charge in [-0.3, -0.25) is 0 Å². The van der Waals surface area contributed by atoms with Crippen LogP contribution in [0.5, 0.6) is 0 Å². The molecule has 1 aliphatic rings. The Morgan fingerprint density at radius 3 is 2.60 bits per heavy atom. The molecular formula is C18H25N5O2. The fraction of sp³-hybridized carbons (Fsp3) is 0.500. The van der Waals surface area contributed by atoms with Crippen LogP contribution in [0, 0.1) is 0 Å². The predicted molar refractivity (Wildman–Crippen MR) is 95.6 cm³/mol. The number of aromatic nitrogens is 3. The largest absolute Gasteiger partial charge is 0.444 e. The van der Waals surface area contributed by atoms with Gasteiger partial charge < -0.3 is 15.4 Å². The first-order valence-corrected chi connectivity index (χ1v) is 8.58. The van der Waals surface area contributed by atoms with E-state index in [0.29, 0.717) is 24.7 Å². The van der Waals surface area contributed by atoms with Crippen LogP contribution in [0.15, 0.2) is 30.5 Å². The molecule has 0 bridgehead atoms. The lowest BCUT2D eigenvalue weighted by molar-refractivity contribution is 0.0204. The van der Waals surface area contributed by atoms with Crippen LogP contribution in [0.2, 0.25) is 0 Å². The number of ether oxygens (including phenoxy) is 1. The standard InChI is InChI=1S/C18H25N5O2/c1-18(2,3)25-17(24)22-10-7-13(8-11-22)14-12-15(19)23(21-14)16-6-4-5-9-20-16/h4-6,9,12-13H,7-8,10-11,19H2,1-3H3. The molecule has 0 aliphatic carbocycles. The molecule has 2 aromatic heterocycles. The number of rotatable bonds is 2. The molecule has 7 nitrogen and oxygen atoms in total. The molecule has 0 atom stereocenters. The van der Waals surface area contributed by atoms with Gasteiger partial charge in [0.2, 0.25) is 0 Å². The maximum atomic E-state index is 12.2. The molecular weight excluding hydrogens is 318 g/mol. The number of hydrogen-bond acceptors (Lipinski definition) is 5. The summed E-state index contributed by atoms with van der Waals surface area (Å²) in [7, 11) is 0.